The molecule has 0 fully saturated rings. The molecule has 0 saturated carbocycles. The zero-order valence-electron chi connectivity index (χ0n) is 18.6. The molecule has 2 aromatic carbocycles. The third-order valence-electron chi connectivity index (χ3n) is 4.91. The number of halogens is 1. The van der Waals surface area contributed by atoms with E-state index in [2.05, 4.69) is 5.32 Å². The molecule has 170 valence electrons. The second-order valence-electron chi connectivity index (χ2n) is 7.10. The van der Waals surface area contributed by atoms with Crippen LogP contribution in [0.25, 0.3) is 5.69 Å². The molecule has 1 amide bonds. The van der Waals surface area contributed by atoms with E-state index in [0.717, 1.165) is 22.7 Å². The first-order chi connectivity index (χ1) is 15.5. The number of hydrogen-bond acceptors (Lipinski definition) is 5. The minimum atomic E-state index is -0.396. The molecule has 1 aromatic heterocycles. The van der Waals surface area contributed by atoms with Crippen LogP contribution in [0.4, 0.5) is 4.39 Å². The number of hydrogen-bond donors (Lipinski definition) is 1. The Hall–Kier alpha value is -3.39. The topological polar surface area (TPSA) is 74.6 Å². The molecule has 3 aromatic rings. The normalized spacial score (nSPS) is 10.8. The summed E-state index contributed by atoms with van der Waals surface area (Å²) in [6.07, 6.45) is 1.36. The van der Waals surface area contributed by atoms with Crippen molar-refractivity contribution in [1.29, 1.82) is 0 Å². The van der Waals surface area contributed by atoms with Crippen molar-refractivity contribution in [2.45, 2.75) is 26.2 Å². The number of carbonyl (C=O) groups is 1. The summed E-state index contributed by atoms with van der Waals surface area (Å²) in [6.45, 7) is 2.90. The van der Waals surface area contributed by atoms with Crippen LogP contribution in [0.2, 0.25) is 0 Å². The Morgan fingerprint density at radius 1 is 1.12 bits per heavy atom. The number of aryl methyl sites for hydroxylation is 1. The van der Waals surface area contributed by atoms with E-state index < -0.39 is 5.82 Å². The fourth-order valence-electron chi connectivity index (χ4n) is 3.28. The van der Waals surface area contributed by atoms with Crippen LogP contribution in [0.1, 0.15) is 24.6 Å². The van der Waals surface area contributed by atoms with E-state index in [1.807, 2.05) is 31.2 Å². The lowest BCUT2D eigenvalue weighted by atomic mass is 10.1. The van der Waals surface area contributed by atoms with Crippen LogP contribution in [0, 0.1) is 5.82 Å². The molecule has 7 nitrogen and oxygen atoms in total. The van der Waals surface area contributed by atoms with Gasteiger partial charge in [0.15, 0.2) is 0 Å². The van der Waals surface area contributed by atoms with E-state index >= 15 is 0 Å². The molecule has 1 heterocycles. The second kappa shape index (κ2) is 11.3. The standard InChI is InChI=1S/C24H28FN3O4/c1-4-22-21(12-13-23(29)26-14-15-30-2)24(32-20-7-5-6-17(25)16-20)28(27-22)18-8-10-19(31-3)11-9-18/h5-11,16H,4,12-15H2,1-3H3,(H,26,29). The van der Waals surface area contributed by atoms with Crippen molar-refractivity contribution in [2.75, 3.05) is 27.4 Å². The Bertz CT molecular complexity index is 1030. The number of rotatable bonds is 11. The lowest BCUT2D eigenvalue weighted by Crippen LogP contribution is -2.27. The number of amides is 1. The first-order valence-electron chi connectivity index (χ1n) is 10.5. The molecule has 0 aliphatic rings. The summed E-state index contributed by atoms with van der Waals surface area (Å²) in [5.74, 6) is 1.05. The molecule has 1 N–H and O–H groups in total. The smallest absolute Gasteiger partial charge is 0.226 e. The minimum absolute atomic E-state index is 0.0852. The number of nitrogens with one attached hydrogen (secondary N) is 1. The number of benzene rings is 2. The van der Waals surface area contributed by atoms with E-state index in [0.29, 0.717) is 37.6 Å². The van der Waals surface area contributed by atoms with Crippen molar-refractivity contribution in [3.8, 4) is 23.1 Å². The van der Waals surface area contributed by atoms with Crippen molar-refractivity contribution >= 4 is 5.91 Å². The van der Waals surface area contributed by atoms with Gasteiger partial charge in [-0.05, 0) is 49.2 Å². The maximum Gasteiger partial charge on any atom is 0.226 e. The lowest BCUT2D eigenvalue weighted by Gasteiger charge is -2.12. The molecule has 3 rings (SSSR count). The van der Waals surface area contributed by atoms with Gasteiger partial charge in [0.25, 0.3) is 0 Å². The molecular formula is C24H28FN3O4. The first kappa shape index (κ1) is 23.3. The van der Waals surface area contributed by atoms with Crippen molar-refractivity contribution < 1.29 is 23.4 Å². The van der Waals surface area contributed by atoms with Gasteiger partial charge >= 0.3 is 0 Å². The summed E-state index contributed by atoms with van der Waals surface area (Å²) in [6, 6.07) is 13.3. The van der Waals surface area contributed by atoms with Crippen molar-refractivity contribution in [3.63, 3.8) is 0 Å². The predicted octanol–water partition coefficient (Wildman–Crippen LogP) is 4.07. The fourth-order valence-corrected chi connectivity index (χ4v) is 3.28. The zero-order valence-corrected chi connectivity index (χ0v) is 18.6. The summed E-state index contributed by atoms with van der Waals surface area (Å²) >= 11 is 0. The third-order valence-corrected chi connectivity index (χ3v) is 4.91. The van der Waals surface area contributed by atoms with Crippen molar-refractivity contribution in [1.82, 2.24) is 15.1 Å². The monoisotopic (exact) mass is 441 g/mol. The highest BCUT2D eigenvalue weighted by Crippen LogP contribution is 2.32. The van der Waals surface area contributed by atoms with Gasteiger partial charge in [-0.2, -0.15) is 5.10 Å². The molecule has 0 radical (unpaired) electrons. The van der Waals surface area contributed by atoms with Crippen LogP contribution in [0.15, 0.2) is 48.5 Å². The van der Waals surface area contributed by atoms with E-state index in [9.17, 15) is 9.18 Å². The Labute approximate surface area is 187 Å². The Morgan fingerprint density at radius 2 is 1.91 bits per heavy atom. The van der Waals surface area contributed by atoms with Crippen LogP contribution in [0.5, 0.6) is 17.4 Å². The Morgan fingerprint density at radius 3 is 2.56 bits per heavy atom. The number of carbonyl (C=O) groups excluding carboxylic acids is 1. The SMILES string of the molecule is CCc1nn(-c2ccc(OC)cc2)c(Oc2cccc(F)c2)c1CCC(=O)NCCOC. The molecule has 0 aliphatic heterocycles. The van der Waals surface area contributed by atoms with Crippen LogP contribution < -0.4 is 14.8 Å². The van der Waals surface area contributed by atoms with Gasteiger partial charge in [0, 0.05) is 31.7 Å². The van der Waals surface area contributed by atoms with E-state index in [-0.39, 0.29) is 12.3 Å². The van der Waals surface area contributed by atoms with Gasteiger partial charge in [0.1, 0.15) is 17.3 Å². The van der Waals surface area contributed by atoms with Crippen molar-refractivity contribution in [2.24, 2.45) is 0 Å². The van der Waals surface area contributed by atoms with Crippen LogP contribution in [-0.2, 0) is 22.4 Å². The highest BCUT2D eigenvalue weighted by molar-refractivity contribution is 5.76. The lowest BCUT2D eigenvalue weighted by molar-refractivity contribution is -0.121. The number of methoxy groups -OCH3 is 2. The van der Waals surface area contributed by atoms with Crippen LogP contribution in [-0.4, -0.2) is 43.1 Å². The number of nitrogens with zero attached hydrogens (tertiary/aromatic N) is 2. The average molecular weight is 442 g/mol. The van der Waals surface area contributed by atoms with E-state index in [1.165, 1.54) is 12.1 Å². The highest BCUT2D eigenvalue weighted by atomic mass is 19.1. The second-order valence-corrected chi connectivity index (χ2v) is 7.10. The molecule has 0 spiro atoms. The predicted molar refractivity (Wildman–Crippen MR) is 119 cm³/mol. The van der Waals surface area contributed by atoms with Crippen LogP contribution >= 0.6 is 0 Å². The molecule has 0 saturated heterocycles. The van der Waals surface area contributed by atoms with Crippen LogP contribution in [0.3, 0.4) is 0 Å². The molecule has 8 heteroatoms. The summed E-state index contributed by atoms with van der Waals surface area (Å²) in [5, 5.41) is 7.56. The molecule has 0 unspecified atom stereocenters. The zero-order chi connectivity index (χ0) is 22.9. The summed E-state index contributed by atoms with van der Waals surface area (Å²) in [4.78, 5) is 12.3. The molecular weight excluding hydrogens is 413 g/mol. The largest absolute Gasteiger partial charge is 0.497 e. The molecule has 0 atom stereocenters. The summed E-state index contributed by atoms with van der Waals surface area (Å²) in [7, 11) is 3.19. The summed E-state index contributed by atoms with van der Waals surface area (Å²) in [5.41, 5.74) is 2.40. The van der Waals surface area contributed by atoms with Gasteiger partial charge in [-0.15, -0.1) is 0 Å². The fraction of sp³-hybridized carbons (Fsp3) is 0.333. The van der Waals surface area contributed by atoms with E-state index in [4.69, 9.17) is 19.3 Å². The highest BCUT2D eigenvalue weighted by Gasteiger charge is 2.21. The first-order valence-corrected chi connectivity index (χ1v) is 10.5. The maximum atomic E-state index is 13.8. The van der Waals surface area contributed by atoms with Gasteiger partial charge < -0.3 is 19.5 Å². The third kappa shape index (κ3) is 5.85. The van der Waals surface area contributed by atoms with Crippen molar-refractivity contribution in [3.05, 3.63) is 65.6 Å². The van der Waals surface area contributed by atoms with Gasteiger partial charge in [-0.3, -0.25) is 4.79 Å². The number of aromatic nitrogens is 2. The van der Waals surface area contributed by atoms with Gasteiger partial charge in [0.2, 0.25) is 11.8 Å². The molecule has 0 aliphatic carbocycles. The summed E-state index contributed by atoms with van der Waals surface area (Å²) < 4.78 is 31.8. The van der Waals surface area contributed by atoms with Gasteiger partial charge in [-0.1, -0.05) is 13.0 Å². The minimum Gasteiger partial charge on any atom is -0.497 e. The molecule has 32 heavy (non-hydrogen) atoms. The number of ether oxygens (including phenoxy) is 3. The van der Waals surface area contributed by atoms with E-state index in [1.54, 1.807) is 31.0 Å². The van der Waals surface area contributed by atoms with Gasteiger partial charge in [-0.25, -0.2) is 9.07 Å². The molecule has 0 bridgehead atoms. The maximum absolute atomic E-state index is 13.8. The van der Waals surface area contributed by atoms with Gasteiger partial charge in [0.05, 0.1) is 25.1 Å². The Balaban J connectivity index is 1.95. The Kier molecular flexibility index (Phi) is 8.21. The average Bonchev–Trinajstić information content (AvgIpc) is 3.15. The quantitative estimate of drug-likeness (QED) is 0.454.